The zero-order valence-corrected chi connectivity index (χ0v) is 8.88. The number of nitrogens with two attached hydrogens (primary N) is 1. The van der Waals surface area contributed by atoms with E-state index in [0.29, 0.717) is 11.6 Å². The van der Waals surface area contributed by atoms with Gasteiger partial charge in [0.2, 0.25) is 5.95 Å². The van der Waals surface area contributed by atoms with Gasteiger partial charge in [0, 0.05) is 19.8 Å². The smallest absolute Gasteiger partial charge is 0.225 e. The predicted molar refractivity (Wildman–Crippen MR) is 58.1 cm³/mol. The molecule has 0 aliphatic heterocycles. The van der Waals surface area contributed by atoms with Gasteiger partial charge in [-0.2, -0.15) is 0 Å². The summed E-state index contributed by atoms with van der Waals surface area (Å²) < 4.78 is 0. The van der Waals surface area contributed by atoms with Crippen LogP contribution in [0.3, 0.4) is 0 Å². The Hall–Kier alpha value is -1.85. The lowest BCUT2D eigenvalue weighted by molar-refractivity contribution is 0.318. The van der Waals surface area contributed by atoms with E-state index in [-0.39, 0.29) is 5.84 Å². The van der Waals surface area contributed by atoms with Crippen LogP contribution in [0, 0.1) is 0 Å². The van der Waals surface area contributed by atoms with Crippen LogP contribution >= 0.6 is 0 Å². The molecule has 82 valence electrons. The lowest BCUT2D eigenvalue weighted by Gasteiger charge is -2.15. The maximum atomic E-state index is 8.51. The van der Waals surface area contributed by atoms with E-state index in [2.05, 4.69) is 22.0 Å². The quantitative estimate of drug-likeness (QED) is 0.325. The number of hydrogen-bond donors (Lipinski definition) is 2. The van der Waals surface area contributed by atoms with E-state index < -0.39 is 0 Å². The van der Waals surface area contributed by atoms with Crippen LogP contribution in [0.15, 0.2) is 17.4 Å². The van der Waals surface area contributed by atoms with Gasteiger partial charge in [0.05, 0.1) is 0 Å². The first-order valence-corrected chi connectivity index (χ1v) is 4.71. The molecule has 6 heteroatoms. The summed E-state index contributed by atoms with van der Waals surface area (Å²) in [5, 5.41) is 11.4. The van der Waals surface area contributed by atoms with Crippen molar-refractivity contribution in [2.45, 2.75) is 13.3 Å². The molecule has 1 heterocycles. The van der Waals surface area contributed by atoms with Crippen molar-refractivity contribution in [2.24, 2.45) is 10.9 Å². The predicted octanol–water partition coefficient (Wildman–Crippen LogP) is 0.417. The molecule has 0 bridgehead atoms. The zero-order valence-electron chi connectivity index (χ0n) is 8.88. The summed E-state index contributed by atoms with van der Waals surface area (Å²) >= 11 is 0. The summed E-state index contributed by atoms with van der Waals surface area (Å²) in [6.07, 6.45) is 2.59. The summed E-state index contributed by atoms with van der Waals surface area (Å²) in [6, 6.07) is 1.60. The first-order chi connectivity index (χ1) is 7.19. The van der Waals surface area contributed by atoms with Crippen molar-refractivity contribution in [3.05, 3.63) is 18.0 Å². The van der Waals surface area contributed by atoms with Crippen LogP contribution in [-0.2, 0) is 0 Å². The number of nitrogens with zero attached hydrogens (tertiary/aromatic N) is 4. The Morgan fingerprint density at radius 2 is 2.40 bits per heavy atom. The molecule has 3 N–H and O–H groups in total. The standard InChI is InChI=1S/C9H15N5O/c1-3-6-14(2)9-11-5-4-7(12-9)8(10)13-15/h4-5,15H,3,6H2,1-2H3,(H2,10,13). The number of anilines is 1. The second-order valence-electron chi connectivity index (χ2n) is 3.15. The SMILES string of the molecule is CCCN(C)c1nccc(/C(N)=N/O)n1. The van der Waals surface area contributed by atoms with Gasteiger partial charge in [-0.1, -0.05) is 12.1 Å². The van der Waals surface area contributed by atoms with Gasteiger partial charge in [-0.05, 0) is 12.5 Å². The minimum atomic E-state index is -0.0106. The average Bonchev–Trinajstić information content (AvgIpc) is 2.28. The number of rotatable bonds is 4. The summed E-state index contributed by atoms with van der Waals surface area (Å²) in [5.41, 5.74) is 5.85. The molecule has 0 atom stereocenters. The van der Waals surface area contributed by atoms with E-state index in [4.69, 9.17) is 10.9 Å². The van der Waals surface area contributed by atoms with E-state index in [1.165, 1.54) is 0 Å². The first-order valence-electron chi connectivity index (χ1n) is 4.71. The third-order valence-electron chi connectivity index (χ3n) is 1.91. The van der Waals surface area contributed by atoms with E-state index in [1.54, 1.807) is 12.3 Å². The van der Waals surface area contributed by atoms with Gasteiger partial charge in [0.15, 0.2) is 5.84 Å². The zero-order chi connectivity index (χ0) is 11.3. The van der Waals surface area contributed by atoms with Gasteiger partial charge in [0.1, 0.15) is 5.69 Å². The molecule has 0 aliphatic carbocycles. The van der Waals surface area contributed by atoms with Crippen LogP contribution in [0.1, 0.15) is 19.0 Å². The van der Waals surface area contributed by atoms with Crippen molar-refractivity contribution in [2.75, 3.05) is 18.5 Å². The lowest BCUT2D eigenvalue weighted by atomic mass is 10.4. The summed E-state index contributed by atoms with van der Waals surface area (Å²) in [6.45, 7) is 2.93. The van der Waals surface area contributed by atoms with Gasteiger partial charge in [0.25, 0.3) is 0 Å². The normalized spacial score (nSPS) is 11.5. The fourth-order valence-corrected chi connectivity index (χ4v) is 1.16. The summed E-state index contributed by atoms with van der Waals surface area (Å²) in [7, 11) is 1.90. The van der Waals surface area contributed by atoms with Crippen LogP contribution in [0.4, 0.5) is 5.95 Å². The highest BCUT2D eigenvalue weighted by atomic mass is 16.4. The monoisotopic (exact) mass is 209 g/mol. The van der Waals surface area contributed by atoms with E-state index in [9.17, 15) is 0 Å². The van der Waals surface area contributed by atoms with E-state index in [0.717, 1.165) is 13.0 Å². The van der Waals surface area contributed by atoms with Crippen molar-refractivity contribution in [1.29, 1.82) is 0 Å². The molecule has 0 unspecified atom stereocenters. The van der Waals surface area contributed by atoms with Crippen LogP contribution in [0.2, 0.25) is 0 Å². The average molecular weight is 209 g/mol. The number of hydrogen-bond acceptors (Lipinski definition) is 5. The summed E-state index contributed by atoms with van der Waals surface area (Å²) in [4.78, 5) is 10.2. The van der Waals surface area contributed by atoms with Crippen LogP contribution in [0.25, 0.3) is 0 Å². The molecule has 0 radical (unpaired) electrons. The minimum Gasteiger partial charge on any atom is -0.409 e. The molecule has 0 aromatic carbocycles. The molecule has 1 aromatic heterocycles. The lowest BCUT2D eigenvalue weighted by Crippen LogP contribution is -2.23. The van der Waals surface area contributed by atoms with Crippen molar-refractivity contribution in [1.82, 2.24) is 9.97 Å². The van der Waals surface area contributed by atoms with Crippen molar-refractivity contribution >= 4 is 11.8 Å². The third kappa shape index (κ3) is 2.80. The molecular weight excluding hydrogens is 194 g/mol. The van der Waals surface area contributed by atoms with Crippen LogP contribution < -0.4 is 10.6 Å². The molecule has 6 nitrogen and oxygen atoms in total. The van der Waals surface area contributed by atoms with Gasteiger partial charge in [-0.3, -0.25) is 0 Å². The number of aromatic nitrogens is 2. The maximum Gasteiger partial charge on any atom is 0.225 e. The van der Waals surface area contributed by atoms with Gasteiger partial charge in [-0.15, -0.1) is 0 Å². The van der Waals surface area contributed by atoms with Crippen LogP contribution in [0.5, 0.6) is 0 Å². The topological polar surface area (TPSA) is 87.6 Å². The Kier molecular flexibility index (Phi) is 3.84. The molecule has 0 aliphatic rings. The molecule has 0 saturated heterocycles. The molecule has 15 heavy (non-hydrogen) atoms. The molecular formula is C9H15N5O. The van der Waals surface area contributed by atoms with E-state index >= 15 is 0 Å². The van der Waals surface area contributed by atoms with Gasteiger partial charge in [-0.25, -0.2) is 9.97 Å². The summed E-state index contributed by atoms with van der Waals surface area (Å²) in [5.74, 6) is 0.560. The molecule has 0 spiro atoms. The fraction of sp³-hybridized carbons (Fsp3) is 0.444. The Morgan fingerprint density at radius 1 is 1.67 bits per heavy atom. The number of amidine groups is 1. The highest BCUT2D eigenvalue weighted by Gasteiger charge is 2.06. The molecule has 1 aromatic rings. The highest BCUT2D eigenvalue weighted by Crippen LogP contribution is 2.05. The molecule has 1 rings (SSSR count). The number of oxime groups is 1. The molecule has 0 saturated carbocycles. The fourth-order valence-electron chi connectivity index (χ4n) is 1.16. The molecule has 0 amide bonds. The van der Waals surface area contributed by atoms with Crippen molar-refractivity contribution < 1.29 is 5.21 Å². The highest BCUT2D eigenvalue weighted by molar-refractivity contribution is 5.95. The van der Waals surface area contributed by atoms with Crippen molar-refractivity contribution in [3.8, 4) is 0 Å². The van der Waals surface area contributed by atoms with E-state index in [1.807, 2.05) is 11.9 Å². The molecule has 0 fully saturated rings. The Labute approximate surface area is 88.4 Å². The first kappa shape index (κ1) is 11.2. The second kappa shape index (κ2) is 5.14. The van der Waals surface area contributed by atoms with Gasteiger partial charge >= 0.3 is 0 Å². The van der Waals surface area contributed by atoms with Gasteiger partial charge < -0.3 is 15.8 Å². The largest absolute Gasteiger partial charge is 0.409 e. The Balaban J connectivity index is 2.92. The van der Waals surface area contributed by atoms with Crippen LogP contribution in [-0.4, -0.2) is 34.6 Å². The Bertz CT molecular complexity index is 352. The third-order valence-corrected chi connectivity index (χ3v) is 1.91. The minimum absolute atomic E-state index is 0.0106. The maximum absolute atomic E-state index is 8.51. The Morgan fingerprint density at radius 3 is 3.00 bits per heavy atom. The van der Waals surface area contributed by atoms with Crippen molar-refractivity contribution in [3.63, 3.8) is 0 Å². The second-order valence-corrected chi connectivity index (χ2v) is 3.15.